The van der Waals surface area contributed by atoms with Crippen molar-refractivity contribution in [2.24, 2.45) is 7.05 Å². The van der Waals surface area contributed by atoms with Crippen LogP contribution >= 0.6 is 0 Å². The van der Waals surface area contributed by atoms with Crippen LogP contribution in [0.3, 0.4) is 0 Å². The maximum Gasteiger partial charge on any atom is 0.350 e. The molecular formula is C13H15F2N3O. The molecule has 0 amide bonds. The fourth-order valence-corrected chi connectivity index (χ4v) is 1.92. The van der Waals surface area contributed by atoms with Crippen LogP contribution in [0.1, 0.15) is 26.6 Å². The first-order chi connectivity index (χ1) is 8.70. The summed E-state index contributed by atoms with van der Waals surface area (Å²) >= 11 is 0. The smallest absolute Gasteiger partial charge is 0.281 e. The zero-order valence-electron chi connectivity index (χ0n) is 11.2. The van der Waals surface area contributed by atoms with Crippen molar-refractivity contribution in [1.29, 1.82) is 0 Å². The first kappa shape index (κ1) is 13.5. The molecule has 0 N–H and O–H groups in total. The number of halogens is 2. The molecule has 0 bridgehead atoms. The third kappa shape index (κ3) is 2.43. The van der Waals surface area contributed by atoms with Crippen LogP contribution < -0.4 is 5.69 Å². The molecular weight excluding hydrogens is 252 g/mol. The Balaban J connectivity index is 2.67. The molecule has 0 aliphatic carbocycles. The summed E-state index contributed by atoms with van der Waals surface area (Å²) in [6.45, 7) is 5.72. The summed E-state index contributed by atoms with van der Waals surface area (Å²) in [4.78, 5) is 12.1. The van der Waals surface area contributed by atoms with Crippen molar-refractivity contribution in [2.45, 2.75) is 26.2 Å². The SMILES string of the molecule is Cn1c(C(C)(C)C)nn(-c2cc(F)cc(F)c2)c1=O. The van der Waals surface area contributed by atoms with Gasteiger partial charge in [0.15, 0.2) is 0 Å². The van der Waals surface area contributed by atoms with E-state index in [2.05, 4.69) is 5.10 Å². The van der Waals surface area contributed by atoms with Crippen LogP contribution in [-0.2, 0) is 12.5 Å². The van der Waals surface area contributed by atoms with E-state index < -0.39 is 17.3 Å². The van der Waals surface area contributed by atoms with Crippen LogP contribution in [0.4, 0.5) is 8.78 Å². The summed E-state index contributed by atoms with van der Waals surface area (Å²) in [6.07, 6.45) is 0. The molecule has 0 aliphatic rings. The summed E-state index contributed by atoms with van der Waals surface area (Å²) in [5.74, 6) is -0.947. The quantitative estimate of drug-likeness (QED) is 0.794. The molecule has 0 saturated carbocycles. The molecule has 4 nitrogen and oxygen atoms in total. The number of aromatic nitrogens is 3. The molecule has 0 atom stereocenters. The normalized spacial score (nSPS) is 11.9. The molecule has 0 unspecified atom stereocenters. The summed E-state index contributed by atoms with van der Waals surface area (Å²) in [5, 5.41) is 4.17. The molecule has 2 aromatic rings. The van der Waals surface area contributed by atoms with Gasteiger partial charge in [0.1, 0.15) is 17.5 Å². The molecule has 0 fully saturated rings. The van der Waals surface area contributed by atoms with Crippen LogP contribution in [0, 0.1) is 11.6 Å². The summed E-state index contributed by atoms with van der Waals surface area (Å²) in [7, 11) is 1.59. The monoisotopic (exact) mass is 267 g/mol. The highest BCUT2D eigenvalue weighted by Crippen LogP contribution is 2.19. The van der Waals surface area contributed by atoms with E-state index in [9.17, 15) is 13.6 Å². The van der Waals surface area contributed by atoms with Gasteiger partial charge in [-0.1, -0.05) is 20.8 Å². The number of benzene rings is 1. The Bertz CT molecular complexity index is 660. The largest absolute Gasteiger partial charge is 0.350 e. The molecule has 1 aromatic carbocycles. The fourth-order valence-electron chi connectivity index (χ4n) is 1.92. The van der Waals surface area contributed by atoms with Gasteiger partial charge in [0.25, 0.3) is 0 Å². The molecule has 0 aliphatic heterocycles. The Hall–Kier alpha value is -1.98. The maximum absolute atomic E-state index is 13.2. The van der Waals surface area contributed by atoms with Gasteiger partial charge in [-0.15, -0.1) is 5.10 Å². The van der Waals surface area contributed by atoms with Crippen LogP contribution in [-0.4, -0.2) is 14.3 Å². The highest BCUT2D eigenvalue weighted by atomic mass is 19.1. The Morgan fingerprint density at radius 1 is 1.11 bits per heavy atom. The Kier molecular flexibility index (Phi) is 3.04. The van der Waals surface area contributed by atoms with Gasteiger partial charge < -0.3 is 0 Å². The van der Waals surface area contributed by atoms with Gasteiger partial charge in [0, 0.05) is 18.5 Å². The van der Waals surface area contributed by atoms with Gasteiger partial charge in [-0.05, 0) is 12.1 Å². The molecule has 1 aromatic heterocycles. The number of hydrogen-bond donors (Lipinski definition) is 0. The van der Waals surface area contributed by atoms with E-state index in [4.69, 9.17) is 0 Å². The van der Waals surface area contributed by atoms with E-state index in [0.29, 0.717) is 5.82 Å². The summed E-state index contributed by atoms with van der Waals surface area (Å²) in [6, 6.07) is 2.90. The van der Waals surface area contributed by atoms with E-state index in [-0.39, 0.29) is 11.1 Å². The van der Waals surface area contributed by atoms with E-state index in [0.717, 1.165) is 22.9 Å². The minimum atomic E-state index is -0.745. The van der Waals surface area contributed by atoms with Crippen molar-refractivity contribution >= 4 is 0 Å². The minimum Gasteiger partial charge on any atom is -0.281 e. The van der Waals surface area contributed by atoms with E-state index in [1.807, 2.05) is 20.8 Å². The van der Waals surface area contributed by atoms with Gasteiger partial charge in [0.2, 0.25) is 0 Å². The second-order valence-electron chi connectivity index (χ2n) is 5.45. The zero-order valence-corrected chi connectivity index (χ0v) is 11.2. The lowest BCUT2D eigenvalue weighted by Crippen LogP contribution is -2.24. The lowest BCUT2D eigenvalue weighted by atomic mass is 9.96. The minimum absolute atomic E-state index is 0.0774. The molecule has 0 spiro atoms. The lowest BCUT2D eigenvalue weighted by molar-refractivity contribution is 0.516. The molecule has 19 heavy (non-hydrogen) atoms. The van der Waals surface area contributed by atoms with E-state index in [1.54, 1.807) is 7.05 Å². The van der Waals surface area contributed by atoms with Crippen molar-refractivity contribution in [3.05, 3.63) is 46.1 Å². The van der Waals surface area contributed by atoms with Crippen LogP contribution in [0.15, 0.2) is 23.0 Å². The van der Waals surface area contributed by atoms with Gasteiger partial charge in [-0.2, -0.15) is 4.68 Å². The van der Waals surface area contributed by atoms with E-state index >= 15 is 0 Å². The van der Waals surface area contributed by atoms with Gasteiger partial charge >= 0.3 is 5.69 Å². The Morgan fingerprint density at radius 2 is 1.63 bits per heavy atom. The molecule has 102 valence electrons. The van der Waals surface area contributed by atoms with Gasteiger partial charge in [-0.25, -0.2) is 13.6 Å². The van der Waals surface area contributed by atoms with Crippen molar-refractivity contribution in [3.8, 4) is 5.69 Å². The van der Waals surface area contributed by atoms with E-state index in [1.165, 1.54) is 4.57 Å². The molecule has 0 radical (unpaired) electrons. The predicted octanol–water partition coefficient (Wildman–Crippen LogP) is 2.15. The van der Waals surface area contributed by atoms with Gasteiger partial charge in [-0.3, -0.25) is 4.57 Å². The second-order valence-corrected chi connectivity index (χ2v) is 5.45. The van der Waals surface area contributed by atoms with Crippen molar-refractivity contribution in [1.82, 2.24) is 14.3 Å². The molecule has 1 heterocycles. The fraction of sp³-hybridized carbons (Fsp3) is 0.385. The average molecular weight is 267 g/mol. The molecule has 2 rings (SSSR count). The summed E-state index contributed by atoms with van der Waals surface area (Å²) in [5.41, 5.74) is -0.700. The standard InChI is InChI=1S/C13H15F2N3O/c1-13(2,3)11-16-18(12(19)17(11)4)10-6-8(14)5-9(15)7-10/h5-7H,1-4H3. The van der Waals surface area contributed by atoms with Crippen molar-refractivity contribution in [2.75, 3.05) is 0 Å². The van der Waals surface area contributed by atoms with Crippen LogP contribution in [0.25, 0.3) is 5.69 Å². The first-order valence-corrected chi connectivity index (χ1v) is 5.83. The van der Waals surface area contributed by atoms with Crippen molar-refractivity contribution in [3.63, 3.8) is 0 Å². The zero-order chi connectivity index (χ0) is 14.4. The van der Waals surface area contributed by atoms with Crippen LogP contribution in [0.5, 0.6) is 0 Å². The maximum atomic E-state index is 13.2. The highest BCUT2D eigenvalue weighted by molar-refractivity contribution is 5.31. The third-order valence-corrected chi connectivity index (χ3v) is 2.74. The highest BCUT2D eigenvalue weighted by Gasteiger charge is 2.23. The number of rotatable bonds is 1. The van der Waals surface area contributed by atoms with Crippen LogP contribution in [0.2, 0.25) is 0 Å². The second kappa shape index (κ2) is 4.29. The number of hydrogen-bond acceptors (Lipinski definition) is 2. The first-order valence-electron chi connectivity index (χ1n) is 5.83. The van der Waals surface area contributed by atoms with Gasteiger partial charge in [0.05, 0.1) is 5.69 Å². The average Bonchev–Trinajstić information content (AvgIpc) is 2.54. The Labute approximate surface area is 109 Å². The molecule has 6 heteroatoms. The van der Waals surface area contributed by atoms with Crippen molar-refractivity contribution < 1.29 is 8.78 Å². The molecule has 0 saturated heterocycles. The predicted molar refractivity (Wildman–Crippen MR) is 67.4 cm³/mol. The number of nitrogens with zero attached hydrogens (tertiary/aromatic N) is 3. The summed E-state index contributed by atoms with van der Waals surface area (Å²) < 4.78 is 28.8. The topological polar surface area (TPSA) is 39.8 Å². The Morgan fingerprint density at radius 3 is 2.05 bits per heavy atom. The lowest BCUT2D eigenvalue weighted by Gasteiger charge is -2.15. The third-order valence-electron chi connectivity index (χ3n) is 2.74.